The number of hydrogen-bond donors (Lipinski definition) is 0. The lowest BCUT2D eigenvalue weighted by atomic mass is 10.0. The number of likely N-dealkylation sites (N-methyl/N-ethyl adjacent to an activating group) is 1. The Morgan fingerprint density at radius 2 is 1.92 bits per heavy atom. The summed E-state index contributed by atoms with van der Waals surface area (Å²) >= 11 is 0. The van der Waals surface area contributed by atoms with Gasteiger partial charge in [-0.15, -0.1) is 0 Å². The predicted molar refractivity (Wildman–Crippen MR) is 104 cm³/mol. The summed E-state index contributed by atoms with van der Waals surface area (Å²) in [5.41, 5.74) is 1.11. The van der Waals surface area contributed by atoms with Gasteiger partial charge in [0.15, 0.2) is 0 Å². The van der Waals surface area contributed by atoms with Crippen LogP contribution in [0, 0.1) is 0 Å². The average molecular weight is 356 g/mol. The second-order valence-corrected chi connectivity index (χ2v) is 6.63. The Labute approximate surface area is 155 Å². The second-order valence-electron chi connectivity index (χ2n) is 6.63. The van der Waals surface area contributed by atoms with Crippen molar-refractivity contribution in [2.45, 2.75) is 20.0 Å². The molecule has 1 saturated heterocycles. The number of methoxy groups -OCH3 is 1. The fourth-order valence-electron chi connectivity index (χ4n) is 3.39. The summed E-state index contributed by atoms with van der Waals surface area (Å²) in [5, 5.41) is 2.29. The maximum absolute atomic E-state index is 12.6. The van der Waals surface area contributed by atoms with Crippen molar-refractivity contribution in [1.82, 2.24) is 9.80 Å². The van der Waals surface area contributed by atoms with E-state index >= 15 is 0 Å². The molecule has 140 valence electrons. The molecular weight excluding hydrogens is 328 g/mol. The van der Waals surface area contributed by atoms with Gasteiger partial charge in [-0.1, -0.05) is 32.0 Å². The molecule has 1 atom stereocenters. The summed E-state index contributed by atoms with van der Waals surface area (Å²) in [6.45, 7) is 8.30. The highest BCUT2D eigenvalue weighted by molar-refractivity contribution is 5.84. The first kappa shape index (κ1) is 18.7. The van der Waals surface area contributed by atoms with Crippen LogP contribution in [0.25, 0.3) is 10.8 Å². The Kier molecular flexibility index (Phi) is 6.12. The topological polar surface area (TPSA) is 42.0 Å². The van der Waals surface area contributed by atoms with E-state index in [0.717, 1.165) is 35.2 Å². The lowest BCUT2D eigenvalue weighted by Gasteiger charge is -2.34. The highest BCUT2D eigenvalue weighted by Gasteiger charge is 2.26. The van der Waals surface area contributed by atoms with E-state index in [4.69, 9.17) is 9.47 Å². The van der Waals surface area contributed by atoms with E-state index in [1.54, 1.807) is 7.11 Å². The molecule has 0 spiro atoms. The molecule has 5 heteroatoms. The molecule has 1 aliphatic heterocycles. The molecule has 0 bridgehead atoms. The summed E-state index contributed by atoms with van der Waals surface area (Å²) < 4.78 is 11.3. The fourth-order valence-corrected chi connectivity index (χ4v) is 3.39. The number of morpholine rings is 1. The van der Waals surface area contributed by atoms with Gasteiger partial charge in [0.2, 0.25) is 5.91 Å². The number of carbonyl (C=O) groups excluding carboxylic acids is 1. The molecule has 1 heterocycles. The molecule has 0 aromatic heterocycles. The molecule has 0 aliphatic carbocycles. The van der Waals surface area contributed by atoms with Crippen LogP contribution in [0.15, 0.2) is 36.4 Å². The Hall–Kier alpha value is -2.11. The van der Waals surface area contributed by atoms with Crippen molar-refractivity contribution in [2.24, 2.45) is 0 Å². The second kappa shape index (κ2) is 8.52. The summed E-state index contributed by atoms with van der Waals surface area (Å²) in [5.74, 6) is 1.04. The molecule has 1 fully saturated rings. The van der Waals surface area contributed by atoms with Crippen LogP contribution in [-0.4, -0.2) is 62.1 Å². The fraction of sp³-hybridized carbons (Fsp3) is 0.476. The highest BCUT2D eigenvalue weighted by Crippen LogP contribution is 2.28. The monoisotopic (exact) mass is 356 g/mol. The number of fused-ring (bicyclic) bond motifs is 1. The van der Waals surface area contributed by atoms with Crippen molar-refractivity contribution in [3.8, 4) is 5.75 Å². The molecular formula is C21H28N2O3. The first-order valence-electron chi connectivity index (χ1n) is 9.34. The minimum atomic E-state index is -0.0732. The maximum Gasteiger partial charge on any atom is 0.236 e. The van der Waals surface area contributed by atoms with Crippen molar-refractivity contribution in [3.63, 3.8) is 0 Å². The zero-order valence-corrected chi connectivity index (χ0v) is 15.9. The van der Waals surface area contributed by atoms with Gasteiger partial charge in [0.05, 0.1) is 26.8 Å². The number of benzene rings is 2. The molecule has 2 aromatic rings. The Morgan fingerprint density at radius 1 is 1.19 bits per heavy atom. The largest absolute Gasteiger partial charge is 0.497 e. The van der Waals surface area contributed by atoms with Gasteiger partial charge in [-0.25, -0.2) is 0 Å². The van der Waals surface area contributed by atoms with Gasteiger partial charge in [0, 0.05) is 6.54 Å². The van der Waals surface area contributed by atoms with Gasteiger partial charge in [0.1, 0.15) is 11.9 Å². The number of rotatable bonds is 6. The van der Waals surface area contributed by atoms with Crippen LogP contribution in [-0.2, 0) is 9.53 Å². The third-order valence-electron chi connectivity index (χ3n) is 5.12. The van der Waals surface area contributed by atoms with Crippen molar-refractivity contribution < 1.29 is 14.3 Å². The summed E-state index contributed by atoms with van der Waals surface area (Å²) in [6.07, 6.45) is -0.0732. The normalized spacial score (nSPS) is 17.7. The number of carbonyl (C=O) groups is 1. The van der Waals surface area contributed by atoms with E-state index in [2.05, 4.69) is 43.0 Å². The molecule has 1 aliphatic rings. The maximum atomic E-state index is 12.6. The van der Waals surface area contributed by atoms with Crippen LogP contribution in [0.5, 0.6) is 5.75 Å². The molecule has 0 saturated carbocycles. The van der Waals surface area contributed by atoms with E-state index in [0.29, 0.717) is 26.2 Å². The molecule has 0 N–H and O–H groups in total. The van der Waals surface area contributed by atoms with Crippen molar-refractivity contribution >= 4 is 16.7 Å². The van der Waals surface area contributed by atoms with E-state index in [-0.39, 0.29) is 12.0 Å². The highest BCUT2D eigenvalue weighted by atomic mass is 16.5. The molecule has 26 heavy (non-hydrogen) atoms. The van der Waals surface area contributed by atoms with Crippen LogP contribution < -0.4 is 4.74 Å². The first-order chi connectivity index (χ1) is 12.6. The first-order valence-corrected chi connectivity index (χ1v) is 9.34. The Balaban J connectivity index is 1.72. The predicted octanol–water partition coefficient (Wildman–Crippen LogP) is 3.09. The number of nitrogens with zero attached hydrogens (tertiary/aromatic N) is 2. The Bertz CT molecular complexity index is 758. The smallest absolute Gasteiger partial charge is 0.236 e. The lowest BCUT2D eigenvalue weighted by Crippen LogP contribution is -2.46. The SMILES string of the molecule is CCN(CC)CC(=O)N1CCO[C@@H](c2ccc3cc(OC)ccc3c2)C1. The zero-order chi connectivity index (χ0) is 18.5. The van der Waals surface area contributed by atoms with E-state index in [1.165, 1.54) is 0 Å². The van der Waals surface area contributed by atoms with Gasteiger partial charge in [0.25, 0.3) is 0 Å². The number of hydrogen-bond acceptors (Lipinski definition) is 4. The number of amides is 1. The lowest BCUT2D eigenvalue weighted by molar-refractivity contribution is -0.140. The van der Waals surface area contributed by atoms with Crippen molar-refractivity contribution in [2.75, 3.05) is 46.4 Å². The van der Waals surface area contributed by atoms with Gasteiger partial charge in [-0.2, -0.15) is 0 Å². The van der Waals surface area contributed by atoms with E-state index < -0.39 is 0 Å². The Morgan fingerprint density at radius 3 is 2.65 bits per heavy atom. The molecule has 1 amide bonds. The van der Waals surface area contributed by atoms with Gasteiger partial charge >= 0.3 is 0 Å². The van der Waals surface area contributed by atoms with Crippen LogP contribution in [0.1, 0.15) is 25.5 Å². The van der Waals surface area contributed by atoms with Gasteiger partial charge < -0.3 is 14.4 Å². The zero-order valence-electron chi connectivity index (χ0n) is 15.9. The minimum absolute atomic E-state index is 0.0732. The van der Waals surface area contributed by atoms with Crippen molar-refractivity contribution in [1.29, 1.82) is 0 Å². The molecule has 3 rings (SSSR count). The van der Waals surface area contributed by atoms with Crippen LogP contribution in [0.2, 0.25) is 0 Å². The van der Waals surface area contributed by atoms with Gasteiger partial charge in [-0.3, -0.25) is 9.69 Å². The van der Waals surface area contributed by atoms with Crippen LogP contribution >= 0.6 is 0 Å². The summed E-state index contributed by atoms with van der Waals surface area (Å²) in [7, 11) is 1.68. The molecule has 0 unspecified atom stereocenters. The summed E-state index contributed by atoms with van der Waals surface area (Å²) in [6, 6.07) is 12.4. The molecule has 2 aromatic carbocycles. The molecule has 5 nitrogen and oxygen atoms in total. The summed E-state index contributed by atoms with van der Waals surface area (Å²) in [4.78, 5) is 16.7. The standard InChI is InChI=1S/C21H28N2O3/c1-4-22(5-2)15-21(24)23-10-11-26-20(14-23)18-7-6-17-13-19(25-3)9-8-16(17)12-18/h6-9,12-13,20H,4-5,10-11,14-15H2,1-3H3/t20-/m1/s1. The van der Waals surface area contributed by atoms with E-state index in [9.17, 15) is 4.79 Å². The average Bonchev–Trinajstić information content (AvgIpc) is 2.71. The van der Waals surface area contributed by atoms with Gasteiger partial charge in [-0.05, 0) is 47.6 Å². The van der Waals surface area contributed by atoms with Crippen molar-refractivity contribution in [3.05, 3.63) is 42.0 Å². The minimum Gasteiger partial charge on any atom is -0.497 e. The van der Waals surface area contributed by atoms with E-state index in [1.807, 2.05) is 17.0 Å². The molecule has 0 radical (unpaired) electrons. The third kappa shape index (κ3) is 4.17. The van der Waals surface area contributed by atoms with Crippen LogP contribution in [0.3, 0.4) is 0 Å². The number of ether oxygens (including phenoxy) is 2. The quantitative estimate of drug-likeness (QED) is 0.798. The van der Waals surface area contributed by atoms with Crippen LogP contribution in [0.4, 0.5) is 0 Å². The third-order valence-corrected chi connectivity index (χ3v) is 5.12.